The predicted octanol–water partition coefficient (Wildman–Crippen LogP) is -2.10. The number of carbonyl (C=O) groups excluding carboxylic acids is 1. The largest absolute Gasteiger partial charge is 0.394 e. The SMILES string of the molecule is CC1[C@H](NC(=O)C2CC(C)(C)N(C)C(C)(C)C2)OC(CO)[C@@H](OC2OC(CO)[C@H](O)C(O)C2O)[C@@H]1O. The van der Waals surface area contributed by atoms with E-state index in [4.69, 9.17) is 14.2 Å². The maximum absolute atomic E-state index is 13.3. The first kappa shape index (κ1) is 29.6. The standard InChI is InChI=1S/C24H44N2O10/c1-11-15(29)19(36-22-18(32)17(31)16(30)13(9-27)35-22)14(10-28)34-21(11)25-20(33)12-7-23(2,3)26(6)24(4,5)8-12/h11-19,21-22,27-32H,7-10H2,1-6H3,(H,25,33)/t11?,13?,14?,15-,16+,17?,18?,19-,21-,22?/m1/s1. The number of piperidine rings is 1. The van der Waals surface area contributed by atoms with Gasteiger partial charge < -0.3 is 50.2 Å². The maximum atomic E-state index is 13.3. The van der Waals surface area contributed by atoms with Gasteiger partial charge in [-0.2, -0.15) is 0 Å². The molecule has 0 aromatic carbocycles. The molecule has 3 aliphatic heterocycles. The van der Waals surface area contributed by atoms with Crippen LogP contribution in [0.15, 0.2) is 0 Å². The van der Waals surface area contributed by atoms with Gasteiger partial charge in [-0.3, -0.25) is 9.69 Å². The molecule has 10 atom stereocenters. The van der Waals surface area contributed by atoms with Crippen molar-refractivity contribution in [3.63, 3.8) is 0 Å². The molecular weight excluding hydrogens is 476 g/mol. The molecule has 0 saturated carbocycles. The van der Waals surface area contributed by atoms with Crippen molar-refractivity contribution in [1.29, 1.82) is 0 Å². The molecular formula is C24H44N2O10. The first-order valence-corrected chi connectivity index (χ1v) is 12.6. The average Bonchev–Trinajstić information content (AvgIpc) is 2.81. The van der Waals surface area contributed by atoms with Gasteiger partial charge in [0.15, 0.2) is 6.29 Å². The number of nitrogens with zero attached hydrogens (tertiary/aromatic N) is 1. The van der Waals surface area contributed by atoms with Crippen LogP contribution >= 0.6 is 0 Å². The quantitative estimate of drug-likeness (QED) is 0.204. The molecule has 12 heteroatoms. The number of rotatable bonds is 6. The number of amides is 1. The summed E-state index contributed by atoms with van der Waals surface area (Å²) < 4.78 is 17.0. The molecule has 3 saturated heterocycles. The Hall–Kier alpha value is -0.930. The number of carbonyl (C=O) groups is 1. The molecule has 0 bridgehead atoms. The second-order valence-corrected chi connectivity index (χ2v) is 11.7. The highest BCUT2D eigenvalue weighted by Gasteiger charge is 2.51. The number of nitrogens with one attached hydrogen (secondary N) is 1. The number of aliphatic hydroxyl groups is 6. The minimum absolute atomic E-state index is 0.194. The Morgan fingerprint density at radius 1 is 0.917 bits per heavy atom. The van der Waals surface area contributed by atoms with Gasteiger partial charge in [-0.25, -0.2) is 0 Å². The second-order valence-electron chi connectivity index (χ2n) is 11.7. The first-order chi connectivity index (χ1) is 16.6. The summed E-state index contributed by atoms with van der Waals surface area (Å²) in [6.45, 7) is 8.86. The number of hydrogen-bond acceptors (Lipinski definition) is 11. The van der Waals surface area contributed by atoms with E-state index < -0.39 is 74.4 Å². The fourth-order valence-electron chi connectivity index (χ4n) is 5.72. The van der Waals surface area contributed by atoms with Crippen LogP contribution in [0.3, 0.4) is 0 Å². The van der Waals surface area contributed by atoms with E-state index in [1.54, 1.807) is 6.92 Å². The van der Waals surface area contributed by atoms with Gasteiger partial charge in [0.25, 0.3) is 0 Å². The third-order valence-electron chi connectivity index (χ3n) is 8.32. The summed E-state index contributed by atoms with van der Waals surface area (Å²) in [6.07, 6.45) is -10.7. The van der Waals surface area contributed by atoms with Crippen LogP contribution < -0.4 is 5.32 Å². The van der Waals surface area contributed by atoms with Crippen molar-refractivity contribution in [3.8, 4) is 0 Å². The third-order valence-corrected chi connectivity index (χ3v) is 8.32. The summed E-state index contributed by atoms with van der Waals surface area (Å²) in [4.78, 5) is 15.5. The van der Waals surface area contributed by atoms with Gasteiger partial charge in [-0.05, 0) is 47.6 Å². The monoisotopic (exact) mass is 520 g/mol. The summed E-state index contributed by atoms with van der Waals surface area (Å²) in [5, 5.41) is 63.6. The Balaban J connectivity index is 1.69. The fraction of sp³-hybridized carbons (Fsp3) is 0.958. The minimum Gasteiger partial charge on any atom is -0.394 e. The molecule has 0 spiro atoms. The summed E-state index contributed by atoms with van der Waals surface area (Å²) >= 11 is 0. The van der Waals surface area contributed by atoms with E-state index in [1.807, 2.05) is 0 Å². The Labute approximate surface area is 212 Å². The lowest BCUT2D eigenvalue weighted by molar-refractivity contribution is -0.339. The Bertz CT molecular complexity index is 745. The third kappa shape index (κ3) is 5.73. The van der Waals surface area contributed by atoms with E-state index in [0.29, 0.717) is 12.8 Å². The molecule has 12 nitrogen and oxygen atoms in total. The lowest BCUT2D eigenvalue weighted by atomic mass is 9.73. The van der Waals surface area contributed by atoms with Crippen LogP contribution in [0, 0.1) is 11.8 Å². The van der Waals surface area contributed by atoms with Gasteiger partial charge in [0.05, 0.1) is 19.3 Å². The highest BCUT2D eigenvalue weighted by Crippen LogP contribution is 2.40. The zero-order valence-corrected chi connectivity index (χ0v) is 21.9. The summed E-state index contributed by atoms with van der Waals surface area (Å²) in [6, 6.07) is 0. The van der Waals surface area contributed by atoms with E-state index >= 15 is 0 Å². The van der Waals surface area contributed by atoms with E-state index in [2.05, 4.69) is 45.0 Å². The summed E-state index contributed by atoms with van der Waals surface area (Å²) in [5.74, 6) is -1.12. The van der Waals surface area contributed by atoms with Crippen LogP contribution in [0.5, 0.6) is 0 Å². The second kappa shape index (κ2) is 11.0. The van der Waals surface area contributed by atoms with E-state index in [1.165, 1.54) is 0 Å². The number of aliphatic hydroxyl groups excluding tert-OH is 6. The number of likely N-dealkylation sites (tertiary alicyclic amines) is 1. The van der Waals surface area contributed by atoms with Crippen molar-refractivity contribution in [2.45, 2.75) is 114 Å². The lowest BCUT2D eigenvalue weighted by Gasteiger charge is -2.53. The Morgan fingerprint density at radius 2 is 1.47 bits per heavy atom. The van der Waals surface area contributed by atoms with Gasteiger partial charge in [0.2, 0.25) is 5.91 Å². The molecule has 0 aromatic heterocycles. The number of ether oxygens (including phenoxy) is 3. The van der Waals surface area contributed by atoms with Crippen molar-refractivity contribution in [3.05, 3.63) is 0 Å². The molecule has 0 aliphatic carbocycles. The van der Waals surface area contributed by atoms with Crippen molar-refractivity contribution < 1.29 is 49.6 Å². The van der Waals surface area contributed by atoms with Crippen molar-refractivity contribution in [2.24, 2.45) is 11.8 Å². The van der Waals surface area contributed by atoms with Crippen LogP contribution in [0.4, 0.5) is 0 Å². The molecule has 3 fully saturated rings. The molecule has 3 rings (SSSR count). The zero-order valence-electron chi connectivity index (χ0n) is 21.9. The van der Waals surface area contributed by atoms with E-state index in [0.717, 1.165) is 0 Å². The van der Waals surface area contributed by atoms with Crippen molar-refractivity contribution >= 4 is 5.91 Å². The normalized spacial score (nSPS) is 43.8. The van der Waals surface area contributed by atoms with Crippen LogP contribution in [-0.4, -0.2) is 128 Å². The van der Waals surface area contributed by atoms with Gasteiger partial charge in [-0.15, -0.1) is 0 Å². The summed E-state index contributed by atoms with van der Waals surface area (Å²) in [5.41, 5.74) is -0.388. The first-order valence-electron chi connectivity index (χ1n) is 12.6. The molecule has 0 aromatic rings. The lowest BCUT2D eigenvalue weighted by Crippen LogP contribution is -2.65. The van der Waals surface area contributed by atoms with E-state index in [-0.39, 0.29) is 22.9 Å². The molecule has 7 N–H and O–H groups in total. The van der Waals surface area contributed by atoms with Crippen molar-refractivity contribution in [2.75, 3.05) is 20.3 Å². The zero-order chi connectivity index (χ0) is 27.2. The number of hydrogen-bond donors (Lipinski definition) is 7. The Kier molecular flexibility index (Phi) is 9.09. The van der Waals surface area contributed by atoms with Gasteiger partial charge in [-0.1, -0.05) is 6.92 Å². The van der Waals surface area contributed by atoms with Gasteiger partial charge in [0, 0.05) is 22.9 Å². The molecule has 6 unspecified atom stereocenters. The van der Waals surface area contributed by atoms with Gasteiger partial charge in [0.1, 0.15) is 42.9 Å². The van der Waals surface area contributed by atoms with Crippen LogP contribution in [0.25, 0.3) is 0 Å². The topological polar surface area (TPSA) is 181 Å². The Morgan fingerprint density at radius 3 is 2.00 bits per heavy atom. The van der Waals surface area contributed by atoms with Crippen molar-refractivity contribution in [1.82, 2.24) is 10.2 Å². The molecule has 210 valence electrons. The molecule has 3 heterocycles. The van der Waals surface area contributed by atoms with Gasteiger partial charge >= 0.3 is 0 Å². The average molecular weight is 521 g/mol. The maximum Gasteiger partial charge on any atom is 0.225 e. The molecule has 0 radical (unpaired) electrons. The molecule has 3 aliphatic rings. The smallest absolute Gasteiger partial charge is 0.225 e. The highest BCUT2D eigenvalue weighted by molar-refractivity contribution is 5.79. The van der Waals surface area contributed by atoms with E-state index in [9.17, 15) is 35.4 Å². The highest BCUT2D eigenvalue weighted by atomic mass is 16.7. The predicted molar refractivity (Wildman–Crippen MR) is 126 cm³/mol. The van der Waals surface area contributed by atoms with Crippen LogP contribution in [-0.2, 0) is 19.0 Å². The fourth-order valence-corrected chi connectivity index (χ4v) is 5.72. The molecule has 1 amide bonds. The molecule has 36 heavy (non-hydrogen) atoms. The van der Waals surface area contributed by atoms with Crippen LogP contribution in [0.1, 0.15) is 47.5 Å². The summed E-state index contributed by atoms with van der Waals surface area (Å²) in [7, 11) is 2.05. The van der Waals surface area contributed by atoms with Crippen LogP contribution in [0.2, 0.25) is 0 Å². The minimum atomic E-state index is -1.67.